The fourth-order valence-electron chi connectivity index (χ4n) is 1.02. The Balaban J connectivity index is 1.78. The van der Waals surface area contributed by atoms with E-state index in [4.69, 9.17) is 4.74 Å². The molecule has 0 saturated heterocycles. The molecule has 1 rings (SSSR count). The lowest BCUT2D eigenvalue weighted by Gasteiger charge is -2.01. The van der Waals surface area contributed by atoms with Crippen LogP contribution in [0.3, 0.4) is 0 Å². The van der Waals surface area contributed by atoms with Crippen molar-refractivity contribution in [2.75, 3.05) is 20.3 Å². The van der Waals surface area contributed by atoms with E-state index in [2.05, 4.69) is 4.74 Å². The van der Waals surface area contributed by atoms with Crippen LogP contribution < -0.4 is 0 Å². The monoisotopic (exact) mass is 172 g/mol. The van der Waals surface area contributed by atoms with Gasteiger partial charge in [-0.1, -0.05) is 12.8 Å². The van der Waals surface area contributed by atoms with Crippen LogP contribution in [0.25, 0.3) is 0 Å². The maximum absolute atomic E-state index is 10.6. The van der Waals surface area contributed by atoms with Gasteiger partial charge in [-0.2, -0.15) is 0 Å². The van der Waals surface area contributed by atoms with E-state index in [1.807, 2.05) is 0 Å². The highest BCUT2D eigenvalue weighted by Gasteiger charge is 2.20. The van der Waals surface area contributed by atoms with Crippen molar-refractivity contribution >= 4 is 5.97 Å². The maximum Gasteiger partial charge on any atom is 0.307 e. The fourth-order valence-corrected chi connectivity index (χ4v) is 1.02. The zero-order valence-electron chi connectivity index (χ0n) is 7.54. The summed E-state index contributed by atoms with van der Waals surface area (Å²) >= 11 is 0. The molecular formula is C9H16O3. The zero-order chi connectivity index (χ0) is 8.81. The molecule has 0 unspecified atom stereocenters. The molecule has 1 saturated carbocycles. The summed E-state index contributed by atoms with van der Waals surface area (Å²) in [7, 11) is 1.40. The quantitative estimate of drug-likeness (QED) is 0.448. The summed E-state index contributed by atoms with van der Waals surface area (Å²) in [6.07, 6.45) is 4.25. The molecule has 0 aromatic heterocycles. The van der Waals surface area contributed by atoms with Crippen molar-refractivity contribution in [2.24, 2.45) is 5.92 Å². The molecule has 3 nitrogen and oxygen atoms in total. The Morgan fingerprint density at radius 3 is 2.75 bits per heavy atom. The van der Waals surface area contributed by atoms with Crippen molar-refractivity contribution in [1.82, 2.24) is 0 Å². The van der Waals surface area contributed by atoms with Crippen LogP contribution in [0.15, 0.2) is 0 Å². The van der Waals surface area contributed by atoms with E-state index in [1.165, 1.54) is 20.0 Å². The van der Waals surface area contributed by atoms with E-state index >= 15 is 0 Å². The van der Waals surface area contributed by atoms with E-state index < -0.39 is 0 Å². The third-order valence-electron chi connectivity index (χ3n) is 2.05. The highest BCUT2D eigenvalue weighted by atomic mass is 16.5. The van der Waals surface area contributed by atoms with Gasteiger partial charge in [-0.3, -0.25) is 4.79 Å². The molecule has 70 valence electrons. The topological polar surface area (TPSA) is 35.5 Å². The summed E-state index contributed by atoms with van der Waals surface area (Å²) in [6, 6.07) is 0. The molecule has 0 aliphatic heterocycles. The van der Waals surface area contributed by atoms with Gasteiger partial charge in [-0.25, -0.2) is 0 Å². The molecule has 1 aliphatic carbocycles. The second-order valence-electron chi connectivity index (χ2n) is 3.17. The van der Waals surface area contributed by atoms with Crippen molar-refractivity contribution in [1.29, 1.82) is 0 Å². The second kappa shape index (κ2) is 5.14. The van der Waals surface area contributed by atoms with E-state index in [-0.39, 0.29) is 5.97 Å². The molecule has 0 bridgehead atoms. The molecule has 0 aromatic rings. The Labute approximate surface area is 73.0 Å². The Morgan fingerprint density at radius 1 is 1.42 bits per heavy atom. The highest BCUT2D eigenvalue weighted by Crippen LogP contribution is 2.31. The van der Waals surface area contributed by atoms with Crippen molar-refractivity contribution in [2.45, 2.75) is 25.7 Å². The zero-order valence-corrected chi connectivity index (χ0v) is 7.54. The van der Waals surface area contributed by atoms with Crippen LogP contribution in [0, 0.1) is 5.92 Å². The maximum atomic E-state index is 10.6. The van der Waals surface area contributed by atoms with Gasteiger partial charge >= 0.3 is 5.97 Å². The molecular weight excluding hydrogens is 156 g/mol. The number of rotatable bonds is 6. The minimum absolute atomic E-state index is 0.193. The third kappa shape index (κ3) is 4.34. The van der Waals surface area contributed by atoms with Crippen molar-refractivity contribution in [3.8, 4) is 0 Å². The number of carbonyl (C=O) groups is 1. The SMILES string of the molecule is COC(=O)CCOCCC1CC1. The molecule has 0 radical (unpaired) electrons. The van der Waals surface area contributed by atoms with Gasteiger partial charge in [0, 0.05) is 6.61 Å². The lowest BCUT2D eigenvalue weighted by atomic mass is 10.3. The molecule has 0 atom stereocenters. The Kier molecular flexibility index (Phi) is 4.08. The van der Waals surface area contributed by atoms with Gasteiger partial charge in [0.05, 0.1) is 20.1 Å². The standard InChI is InChI=1S/C9H16O3/c1-11-9(10)5-7-12-6-4-8-2-3-8/h8H,2-7H2,1H3. The summed E-state index contributed by atoms with van der Waals surface area (Å²) < 4.78 is 9.73. The van der Waals surface area contributed by atoms with Crippen molar-refractivity contribution in [3.63, 3.8) is 0 Å². The molecule has 0 amide bonds. The summed E-state index contributed by atoms with van der Waals surface area (Å²) in [5, 5.41) is 0. The Morgan fingerprint density at radius 2 is 2.17 bits per heavy atom. The van der Waals surface area contributed by atoms with Crippen LogP contribution >= 0.6 is 0 Å². The van der Waals surface area contributed by atoms with Crippen LogP contribution in [-0.2, 0) is 14.3 Å². The lowest BCUT2D eigenvalue weighted by Crippen LogP contribution is -2.06. The minimum Gasteiger partial charge on any atom is -0.469 e. The first-order valence-corrected chi connectivity index (χ1v) is 4.47. The number of hydrogen-bond donors (Lipinski definition) is 0. The number of hydrogen-bond acceptors (Lipinski definition) is 3. The smallest absolute Gasteiger partial charge is 0.307 e. The molecule has 1 fully saturated rings. The van der Waals surface area contributed by atoms with Crippen molar-refractivity contribution < 1.29 is 14.3 Å². The normalized spacial score (nSPS) is 16.1. The van der Waals surface area contributed by atoms with E-state index in [0.717, 1.165) is 18.9 Å². The fraction of sp³-hybridized carbons (Fsp3) is 0.889. The Bertz CT molecular complexity index is 141. The van der Waals surface area contributed by atoms with Gasteiger partial charge in [0.2, 0.25) is 0 Å². The highest BCUT2D eigenvalue weighted by molar-refractivity contribution is 5.69. The first kappa shape index (κ1) is 9.52. The summed E-state index contributed by atoms with van der Waals surface area (Å²) in [4.78, 5) is 10.6. The largest absolute Gasteiger partial charge is 0.469 e. The minimum atomic E-state index is -0.193. The van der Waals surface area contributed by atoms with E-state index in [0.29, 0.717) is 13.0 Å². The van der Waals surface area contributed by atoms with E-state index in [9.17, 15) is 4.79 Å². The van der Waals surface area contributed by atoms with Gasteiger partial charge in [-0.15, -0.1) is 0 Å². The van der Waals surface area contributed by atoms with Crippen LogP contribution in [0.4, 0.5) is 0 Å². The van der Waals surface area contributed by atoms with Crippen LogP contribution in [-0.4, -0.2) is 26.3 Å². The van der Waals surface area contributed by atoms with Crippen LogP contribution in [0.5, 0.6) is 0 Å². The predicted octanol–water partition coefficient (Wildman–Crippen LogP) is 1.37. The summed E-state index contributed by atoms with van der Waals surface area (Å²) in [6.45, 7) is 1.29. The molecule has 12 heavy (non-hydrogen) atoms. The average Bonchev–Trinajstić information content (AvgIpc) is 2.87. The lowest BCUT2D eigenvalue weighted by molar-refractivity contribution is -0.141. The predicted molar refractivity (Wildman–Crippen MR) is 44.8 cm³/mol. The van der Waals surface area contributed by atoms with Crippen LogP contribution in [0.2, 0.25) is 0 Å². The van der Waals surface area contributed by atoms with Gasteiger partial charge < -0.3 is 9.47 Å². The molecule has 0 N–H and O–H groups in total. The average molecular weight is 172 g/mol. The van der Waals surface area contributed by atoms with Gasteiger partial charge in [0.25, 0.3) is 0 Å². The van der Waals surface area contributed by atoms with E-state index in [1.54, 1.807) is 0 Å². The van der Waals surface area contributed by atoms with Gasteiger partial charge in [0.1, 0.15) is 0 Å². The molecule has 3 heteroatoms. The van der Waals surface area contributed by atoms with Crippen molar-refractivity contribution in [3.05, 3.63) is 0 Å². The molecule has 0 heterocycles. The number of carbonyl (C=O) groups excluding carboxylic acids is 1. The molecule has 0 spiro atoms. The Hall–Kier alpha value is -0.570. The molecule has 0 aromatic carbocycles. The summed E-state index contributed by atoms with van der Waals surface area (Å²) in [5.74, 6) is 0.713. The third-order valence-corrected chi connectivity index (χ3v) is 2.05. The number of ether oxygens (including phenoxy) is 2. The first-order valence-electron chi connectivity index (χ1n) is 4.47. The van der Waals surface area contributed by atoms with Gasteiger partial charge in [-0.05, 0) is 12.3 Å². The first-order chi connectivity index (χ1) is 5.83. The van der Waals surface area contributed by atoms with Gasteiger partial charge in [0.15, 0.2) is 0 Å². The summed E-state index contributed by atoms with van der Waals surface area (Å²) in [5.41, 5.74) is 0. The number of methoxy groups -OCH3 is 1. The second-order valence-corrected chi connectivity index (χ2v) is 3.17. The van der Waals surface area contributed by atoms with Crippen LogP contribution in [0.1, 0.15) is 25.7 Å². The molecule has 1 aliphatic rings. The number of esters is 1.